The van der Waals surface area contributed by atoms with Crippen molar-refractivity contribution in [3.8, 4) is 11.6 Å². The van der Waals surface area contributed by atoms with E-state index in [2.05, 4.69) is 27.4 Å². The van der Waals surface area contributed by atoms with Crippen LogP contribution in [0.25, 0.3) is 27.6 Å². The molecule has 156 valence electrons. The molecule has 5 aromatic rings. The molecule has 9 heteroatoms. The Hall–Kier alpha value is -3.72. The highest BCUT2D eigenvalue weighted by Gasteiger charge is 2.22. The van der Waals surface area contributed by atoms with Gasteiger partial charge in [-0.25, -0.2) is 4.98 Å². The number of fused-ring (bicyclic) bond motifs is 2. The van der Waals surface area contributed by atoms with Gasteiger partial charge in [-0.3, -0.25) is 9.78 Å². The Kier molecular flexibility index (Phi) is 4.20. The molecule has 0 aliphatic carbocycles. The van der Waals surface area contributed by atoms with Crippen LogP contribution in [0.3, 0.4) is 0 Å². The topological polar surface area (TPSA) is 95.7 Å². The van der Waals surface area contributed by atoms with Crippen molar-refractivity contribution in [1.29, 1.82) is 0 Å². The molecule has 6 rings (SSSR count). The quantitative estimate of drug-likeness (QED) is 0.474. The van der Waals surface area contributed by atoms with E-state index in [0.717, 1.165) is 39.6 Å². The maximum Gasteiger partial charge on any atom is 0.242 e. The van der Waals surface area contributed by atoms with E-state index in [0.29, 0.717) is 31.3 Å². The minimum atomic E-state index is -0.00882. The van der Waals surface area contributed by atoms with E-state index in [4.69, 9.17) is 19.4 Å². The van der Waals surface area contributed by atoms with Gasteiger partial charge in [0, 0.05) is 37.7 Å². The molecule has 1 aliphatic heterocycles. The molecule has 31 heavy (non-hydrogen) atoms. The number of benzene rings is 1. The van der Waals surface area contributed by atoms with Crippen molar-refractivity contribution in [1.82, 2.24) is 34.5 Å². The SMILES string of the molecule is Cn1cc(-n2ccc3nc(Cc4ccc5[nH]ncc5c4)nc(O[C@H]4CCOC4)c32)cn1. The lowest BCUT2D eigenvalue weighted by Gasteiger charge is -2.14. The second kappa shape index (κ2) is 7.21. The van der Waals surface area contributed by atoms with Gasteiger partial charge in [-0.1, -0.05) is 6.07 Å². The highest BCUT2D eigenvalue weighted by Crippen LogP contribution is 2.29. The highest BCUT2D eigenvalue weighted by atomic mass is 16.5. The van der Waals surface area contributed by atoms with Crippen molar-refractivity contribution in [2.75, 3.05) is 13.2 Å². The number of H-pyrrole nitrogens is 1. The lowest BCUT2D eigenvalue weighted by atomic mass is 10.1. The third kappa shape index (κ3) is 3.32. The smallest absolute Gasteiger partial charge is 0.242 e. The average Bonchev–Trinajstić information content (AvgIpc) is 3.54. The van der Waals surface area contributed by atoms with E-state index in [9.17, 15) is 0 Å². The summed E-state index contributed by atoms with van der Waals surface area (Å²) in [5.41, 5.74) is 4.75. The van der Waals surface area contributed by atoms with Gasteiger partial charge in [-0.15, -0.1) is 0 Å². The summed E-state index contributed by atoms with van der Waals surface area (Å²) < 4.78 is 15.6. The van der Waals surface area contributed by atoms with E-state index >= 15 is 0 Å². The van der Waals surface area contributed by atoms with Crippen LogP contribution in [-0.4, -0.2) is 53.8 Å². The lowest BCUT2D eigenvalue weighted by molar-refractivity contribution is 0.139. The Morgan fingerprint density at radius 2 is 2.19 bits per heavy atom. The van der Waals surface area contributed by atoms with Crippen molar-refractivity contribution < 1.29 is 9.47 Å². The Balaban J connectivity index is 1.43. The average molecular weight is 415 g/mol. The first-order valence-corrected chi connectivity index (χ1v) is 10.3. The van der Waals surface area contributed by atoms with Crippen molar-refractivity contribution in [3.63, 3.8) is 0 Å². The predicted molar refractivity (Wildman–Crippen MR) is 114 cm³/mol. The van der Waals surface area contributed by atoms with Crippen molar-refractivity contribution in [2.24, 2.45) is 7.05 Å². The summed E-state index contributed by atoms with van der Waals surface area (Å²) in [4.78, 5) is 9.66. The molecule has 1 N–H and O–H groups in total. The molecule has 0 unspecified atom stereocenters. The van der Waals surface area contributed by atoms with Crippen LogP contribution in [-0.2, 0) is 18.2 Å². The van der Waals surface area contributed by atoms with Gasteiger partial charge >= 0.3 is 0 Å². The fraction of sp³-hybridized carbons (Fsp3) is 0.273. The number of rotatable bonds is 5. The van der Waals surface area contributed by atoms with E-state index in [1.165, 1.54) is 0 Å². The standard InChI is InChI=1S/C22H21N7O2/c1-28-12-16(11-24-28)29-6-4-19-21(29)22(31-17-5-7-30-13-17)26-20(25-19)9-14-2-3-18-15(8-14)10-23-27-18/h2-4,6,8,10-12,17H,5,7,9,13H2,1H3,(H,23,27)/t17-/m0/s1. The van der Waals surface area contributed by atoms with Gasteiger partial charge in [0.25, 0.3) is 0 Å². The molecule has 0 bridgehead atoms. The molecule has 4 aromatic heterocycles. The first-order valence-electron chi connectivity index (χ1n) is 10.3. The fourth-order valence-electron chi connectivity index (χ4n) is 4.02. The highest BCUT2D eigenvalue weighted by molar-refractivity contribution is 5.83. The molecule has 9 nitrogen and oxygen atoms in total. The summed E-state index contributed by atoms with van der Waals surface area (Å²) in [6.07, 6.45) is 9.02. The molecule has 0 saturated carbocycles. The summed E-state index contributed by atoms with van der Waals surface area (Å²) in [5, 5.41) is 12.4. The van der Waals surface area contributed by atoms with Gasteiger partial charge in [0.15, 0.2) is 0 Å². The number of aromatic amines is 1. The maximum absolute atomic E-state index is 6.31. The minimum Gasteiger partial charge on any atom is -0.470 e. The summed E-state index contributed by atoms with van der Waals surface area (Å²) in [6.45, 7) is 1.28. The predicted octanol–water partition coefficient (Wildman–Crippen LogP) is 2.79. The van der Waals surface area contributed by atoms with E-state index < -0.39 is 0 Å². The Morgan fingerprint density at radius 1 is 1.23 bits per heavy atom. The molecule has 1 aromatic carbocycles. The number of hydrogen-bond acceptors (Lipinski definition) is 6. The fourth-order valence-corrected chi connectivity index (χ4v) is 4.02. The third-order valence-corrected chi connectivity index (χ3v) is 5.55. The van der Waals surface area contributed by atoms with Crippen LogP contribution < -0.4 is 4.74 Å². The maximum atomic E-state index is 6.31. The molecule has 1 atom stereocenters. The van der Waals surface area contributed by atoms with Gasteiger partial charge in [0.2, 0.25) is 5.88 Å². The Labute approximate surface area is 177 Å². The van der Waals surface area contributed by atoms with Crippen LogP contribution in [0, 0.1) is 0 Å². The molecular formula is C22H21N7O2. The van der Waals surface area contributed by atoms with Crippen molar-refractivity contribution >= 4 is 21.9 Å². The molecule has 1 saturated heterocycles. The number of nitrogens with zero attached hydrogens (tertiary/aromatic N) is 6. The van der Waals surface area contributed by atoms with Crippen LogP contribution >= 0.6 is 0 Å². The van der Waals surface area contributed by atoms with Crippen LogP contribution in [0.5, 0.6) is 5.88 Å². The number of aryl methyl sites for hydroxylation is 1. The second-order valence-electron chi connectivity index (χ2n) is 7.81. The molecular weight excluding hydrogens is 394 g/mol. The zero-order valence-electron chi connectivity index (χ0n) is 17.0. The zero-order valence-corrected chi connectivity index (χ0v) is 17.0. The first kappa shape index (κ1) is 18.1. The monoisotopic (exact) mass is 415 g/mol. The number of nitrogens with one attached hydrogen (secondary N) is 1. The van der Waals surface area contributed by atoms with Crippen LogP contribution in [0.15, 0.2) is 49.1 Å². The van der Waals surface area contributed by atoms with E-state index in [1.54, 1.807) is 4.68 Å². The Bertz CT molecular complexity index is 1380. The summed E-state index contributed by atoms with van der Waals surface area (Å²) >= 11 is 0. The van der Waals surface area contributed by atoms with E-state index in [1.807, 2.05) is 48.5 Å². The summed E-state index contributed by atoms with van der Waals surface area (Å²) in [5.74, 6) is 1.29. The zero-order chi connectivity index (χ0) is 20.8. The molecule has 0 amide bonds. The molecule has 1 aliphatic rings. The largest absolute Gasteiger partial charge is 0.470 e. The first-order chi connectivity index (χ1) is 15.2. The third-order valence-electron chi connectivity index (χ3n) is 5.55. The van der Waals surface area contributed by atoms with Gasteiger partial charge in [-0.2, -0.15) is 15.2 Å². The van der Waals surface area contributed by atoms with Gasteiger partial charge in [0.1, 0.15) is 17.4 Å². The van der Waals surface area contributed by atoms with Crippen molar-refractivity contribution in [3.05, 3.63) is 60.4 Å². The summed E-state index contributed by atoms with van der Waals surface area (Å²) in [6, 6.07) is 8.20. The van der Waals surface area contributed by atoms with E-state index in [-0.39, 0.29) is 6.10 Å². The minimum absolute atomic E-state index is 0.00882. The number of aromatic nitrogens is 7. The molecule has 0 spiro atoms. The van der Waals surface area contributed by atoms with Crippen LogP contribution in [0.1, 0.15) is 17.8 Å². The normalized spacial score (nSPS) is 16.5. The second-order valence-corrected chi connectivity index (χ2v) is 7.81. The van der Waals surface area contributed by atoms with Gasteiger partial charge in [-0.05, 0) is 23.8 Å². The lowest BCUT2D eigenvalue weighted by Crippen LogP contribution is -2.18. The van der Waals surface area contributed by atoms with Gasteiger partial charge in [0.05, 0.1) is 42.3 Å². The van der Waals surface area contributed by atoms with Crippen LogP contribution in [0.2, 0.25) is 0 Å². The summed E-state index contributed by atoms with van der Waals surface area (Å²) in [7, 11) is 1.90. The van der Waals surface area contributed by atoms with Crippen LogP contribution in [0.4, 0.5) is 0 Å². The van der Waals surface area contributed by atoms with Gasteiger partial charge < -0.3 is 14.0 Å². The molecule has 1 fully saturated rings. The molecule has 0 radical (unpaired) electrons. The van der Waals surface area contributed by atoms with Crippen molar-refractivity contribution in [2.45, 2.75) is 18.9 Å². The molecule has 5 heterocycles. The number of hydrogen-bond donors (Lipinski definition) is 1. The Morgan fingerprint density at radius 3 is 3.03 bits per heavy atom. The number of ether oxygens (including phenoxy) is 2.